The molecule has 5 nitrogen and oxygen atoms in total. The third-order valence-electron chi connectivity index (χ3n) is 5.62. The number of aryl methyl sites for hydroxylation is 1. The number of benzene rings is 1. The Hall–Kier alpha value is -1.93. The number of carbonyl (C=O) groups is 1. The second-order valence-corrected chi connectivity index (χ2v) is 8.89. The second kappa shape index (κ2) is 9.28. The molecule has 1 saturated carbocycles. The standard InChI is InChI=1S/C22H27ClF3N3O2/c1-14-15(5-4-6-18(14)23)13-17(30)9-10-19-27-28-20(29(19)16-7-8-16)11-12-31-21(2,3)22(24,25)26/h4-6,16H,7-13H2,1-3H3. The lowest BCUT2D eigenvalue weighted by Crippen LogP contribution is -2.42. The van der Waals surface area contributed by atoms with E-state index in [2.05, 4.69) is 10.2 Å². The predicted octanol–water partition coefficient (Wildman–Crippen LogP) is 5.22. The number of hydrogen-bond acceptors (Lipinski definition) is 4. The lowest BCUT2D eigenvalue weighted by Gasteiger charge is -2.27. The minimum absolute atomic E-state index is 0.0764. The van der Waals surface area contributed by atoms with Crippen LogP contribution in [0, 0.1) is 6.92 Å². The van der Waals surface area contributed by atoms with Crippen molar-refractivity contribution in [1.82, 2.24) is 14.8 Å². The summed E-state index contributed by atoms with van der Waals surface area (Å²) >= 11 is 6.12. The summed E-state index contributed by atoms with van der Waals surface area (Å²) in [4.78, 5) is 12.5. The van der Waals surface area contributed by atoms with Gasteiger partial charge in [0.25, 0.3) is 0 Å². The Morgan fingerprint density at radius 1 is 1.19 bits per heavy atom. The number of aromatic nitrogens is 3. The number of nitrogens with zero attached hydrogens (tertiary/aromatic N) is 3. The first-order valence-electron chi connectivity index (χ1n) is 10.4. The molecule has 0 atom stereocenters. The van der Waals surface area contributed by atoms with Gasteiger partial charge in [0.1, 0.15) is 17.4 Å². The molecule has 0 aliphatic heterocycles. The van der Waals surface area contributed by atoms with Gasteiger partial charge in [-0.3, -0.25) is 4.79 Å². The van der Waals surface area contributed by atoms with Crippen molar-refractivity contribution in [2.45, 2.75) is 77.1 Å². The number of carbonyl (C=O) groups excluding carboxylic acids is 1. The summed E-state index contributed by atoms with van der Waals surface area (Å²) in [6.07, 6.45) is -1.20. The Kier molecular flexibility index (Phi) is 7.11. The predicted molar refractivity (Wildman–Crippen MR) is 111 cm³/mol. The number of Topliss-reactive ketones (excluding diaryl/α,β-unsaturated/α-hetero) is 1. The quantitative estimate of drug-likeness (QED) is 0.491. The zero-order chi connectivity index (χ0) is 22.8. The number of ketones is 1. The van der Waals surface area contributed by atoms with Crippen LogP contribution in [-0.2, 0) is 28.8 Å². The van der Waals surface area contributed by atoms with Gasteiger partial charge in [0.2, 0.25) is 0 Å². The van der Waals surface area contributed by atoms with Gasteiger partial charge in [-0.25, -0.2) is 0 Å². The number of rotatable bonds is 10. The Bertz CT molecular complexity index is 937. The maximum absolute atomic E-state index is 13.0. The van der Waals surface area contributed by atoms with Gasteiger partial charge >= 0.3 is 6.18 Å². The summed E-state index contributed by atoms with van der Waals surface area (Å²) in [6.45, 7) is 3.81. The van der Waals surface area contributed by atoms with Crippen LogP contribution in [0.3, 0.4) is 0 Å². The topological polar surface area (TPSA) is 57.0 Å². The molecule has 1 aliphatic carbocycles. The normalized spacial score (nSPS) is 14.8. The molecule has 1 heterocycles. The number of ether oxygens (including phenoxy) is 1. The minimum Gasteiger partial charge on any atom is -0.366 e. The highest BCUT2D eigenvalue weighted by Crippen LogP contribution is 2.37. The highest BCUT2D eigenvalue weighted by molar-refractivity contribution is 6.31. The van der Waals surface area contributed by atoms with Crippen LogP contribution in [0.25, 0.3) is 0 Å². The SMILES string of the molecule is Cc1c(Cl)cccc1CC(=O)CCc1nnc(CCOC(C)(C)C(F)(F)F)n1C1CC1. The van der Waals surface area contributed by atoms with Crippen molar-refractivity contribution in [3.05, 3.63) is 46.0 Å². The van der Waals surface area contributed by atoms with Crippen LogP contribution in [0.5, 0.6) is 0 Å². The molecule has 0 unspecified atom stereocenters. The van der Waals surface area contributed by atoms with E-state index in [-0.39, 0.29) is 24.9 Å². The van der Waals surface area contributed by atoms with Crippen molar-refractivity contribution in [3.63, 3.8) is 0 Å². The summed E-state index contributed by atoms with van der Waals surface area (Å²) in [6, 6.07) is 5.77. The van der Waals surface area contributed by atoms with E-state index in [1.165, 1.54) is 0 Å². The summed E-state index contributed by atoms with van der Waals surface area (Å²) in [7, 11) is 0. The molecule has 0 N–H and O–H groups in total. The Labute approximate surface area is 184 Å². The maximum Gasteiger partial charge on any atom is 0.416 e. The summed E-state index contributed by atoms with van der Waals surface area (Å²) in [5.41, 5.74) is -0.403. The molecule has 0 bridgehead atoms. The number of hydrogen-bond donors (Lipinski definition) is 0. The molecule has 9 heteroatoms. The van der Waals surface area contributed by atoms with Crippen molar-refractivity contribution in [2.24, 2.45) is 0 Å². The van der Waals surface area contributed by atoms with Crippen LogP contribution in [0.1, 0.15) is 61.9 Å². The van der Waals surface area contributed by atoms with Crippen LogP contribution < -0.4 is 0 Å². The summed E-state index contributed by atoms with van der Waals surface area (Å²) in [5.74, 6) is 1.38. The molecule has 1 aromatic carbocycles. The van der Waals surface area contributed by atoms with E-state index < -0.39 is 11.8 Å². The van der Waals surface area contributed by atoms with Gasteiger partial charge in [-0.1, -0.05) is 23.7 Å². The average Bonchev–Trinajstić information content (AvgIpc) is 3.43. The molecular weight excluding hydrogens is 431 g/mol. The Morgan fingerprint density at radius 3 is 2.45 bits per heavy atom. The van der Waals surface area contributed by atoms with Crippen molar-refractivity contribution in [2.75, 3.05) is 6.61 Å². The molecule has 1 aliphatic rings. The Morgan fingerprint density at radius 2 is 1.84 bits per heavy atom. The molecule has 3 rings (SSSR count). The van der Waals surface area contributed by atoms with E-state index in [0.29, 0.717) is 35.9 Å². The Balaban J connectivity index is 1.59. The zero-order valence-corrected chi connectivity index (χ0v) is 18.7. The van der Waals surface area contributed by atoms with E-state index in [4.69, 9.17) is 16.3 Å². The number of alkyl halides is 3. The van der Waals surface area contributed by atoms with Crippen molar-refractivity contribution in [1.29, 1.82) is 0 Å². The third-order valence-corrected chi connectivity index (χ3v) is 6.02. The average molecular weight is 458 g/mol. The van der Waals surface area contributed by atoms with Crippen molar-refractivity contribution in [3.8, 4) is 0 Å². The smallest absolute Gasteiger partial charge is 0.366 e. The molecule has 0 amide bonds. The fraction of sp³-hybridized carbons (Fsp3) is 0.591. The maximum atomic E-state index is 13.0. The highest BCUT2D eigenvalue weighted by Gasteiger charge is 2.48. The van der Waals surface area contributed by atoms with Crippen LogP contribution in [0.15, 0.2) is 18.2 Å². The molecule has 0 saturated heterocycles. The third kappa shape index (κ3) is 5.86. The first kappa shape index (κ1) is 23.7. The van der Waals surface area contributed by atoms with Gasteiger partial charge < -0.3 is 9.30 Å². The van der Waals surface area contributed by atoms with Gasteiger partial charge in [0, 0.05) is 36.7 Å². The minimum atomic E-state index is -4.44. The van der Waals surface area contributed by atoms with Gasteiger partial charge in [-0.15, -0.1) is 10.2 Å². The van der Waals surface area contributed by atoms with Crippen molar-refractivity contribution < 1.29 is 22.7 Å². The van der Waals surface area contributed by atoms with E-state index >= 15 is 0 Å². The van der Waals surface area contributed by atoms with E-state index in [0.717, 1.165) is 37.8 Å². The van der Waals surface area contributed by atoms with Gasteiger partial charge in [-0.05, 0) is 50.8 Å². The molecule has 1 fully saturated rings. The highest BCUT2D eigenvalue weighted by atomic mass is 35.5. The molecule has 1 aromatic heterocycles. The largest absolute Gasteiger partial charge is 0.416 e. The van der Waals surface area contributed by atoms with E-state index in [9.17, 15) is 18.0 Å². The van der Waals surface area contributed by atoms with E-state index in [1.54, 1.807) is 6.07 Å². The molecule has 31 heavy (non-hydrogen) atoms. The zero-order valence-electron chi connectivity index (χ0n) is 17.9. The van der Waals surface area contributed by atoms with E-state index in [1.807, 2.05) is 23.6 Å². The molecule has 0 spiro atoms. The lowest BCUT2D eigenvalue weighted by atomic mass is 10.0. The fourth-order valence-corrected chi connectivity index (χ4v) is 3.52. The van der Waals surface area contributed by atoms with Crippen LogP contribution in [-0.4, -0.2) is 38.9 Å². The second-order valence-electron chi connectivity index (χ2n) is 8.48. The molecule has 2 aromatic rings. The summed E-state index contributed by atoms with van der Waals surface area (Å²) < 4.78 is 45.9. The first-order chi connectivity index (χ1) is 14.5. The van der Waals surface area contributed by atoms with Crippen LogP contribution in [0.4, 0.5) is 13.2 Å². The molecule has 0 radical (unpaired) electrons. The lowest BCUT2D eigenvalue weighted by molar-refractivity contribution is -0.263. The fourth-order valence-electron chi connectivity index (χ4n) is 3.33. The number of halogens is 4. The van der Waals surface area contributed by atoms with Crippen LogP contribution >= 0.6 is 11.6 Å². The summed E-state index contributed by atoms with van der Waals surface area (Å²) in [5, 5.41) is 9.02. The monoisotopic (exact) mass is 457 g/mol. The molecular formula is C22H27ClF3N3O2. The first-order valence-corrected chi connectivity index (χ1v) is 10.8. The van der Waals surface area contributed by atoms with Gasteiger partial charge in [-0.2, -0.15) is 13.2 Å². The van der Waals surface area contributed by atoms with Crippen LogP contribution in [0.2, 0.25) is 5.02 Å². The van der Waals surface area contributed by atoms with Gasteiger partial charge in [0.05, 0.1) is 6.61 Å². The van der Waals surface area contributed by atoms with Gasteiger partial charge in [0.15, 0.2) is 5.60 Å². The molecule has 170 valence electrons. The van der Waals surface area contributed by atoms with Crippen molar-refractivity contribution >= 4 is 17.4 Å².